The molecule has 330 valence electrons. The summed E-state index contributed by atoms with van der Waals surface area (Å²) in [6, 6.07) is 13.8. The van der Waals surface area contributed by atoms with Crippen LogP contribution < -0.4 is 0 Å². The Labute approximate surface area is 388 Å². The molecule has 2 aliphatic carbocycles. The van der Waals surface area contributed by atoms with Gasteiger partial charge in [0.2, 0.25) is 11.8 Å². The summed E-state index contributed by atoms with van der Waals surface area (Å²) in [4.78, 5) is 51.8. The lowest BCUT2D eigenvalue weighted by Crippen LogP contribution is -2.51. The fourth-order valence-electron chi connectivity index (χ4n) is 7.79. The van der Waals surface area contributed by atoms with Crippen LogP contribution in [0.2, 0.25) is 10.0 Å². The molecule has 2 aromatic carbocycles. The van der Waals surface area contributed by atoms with Gasteiger partial charge in [-0.1, -0.05) is 40.5 Å². The number of thiophene rings is 2. The Morgan fingerprint density at radius 3 is 1.57 bits per heavy atom. The van der Waals surface area contributed by atoms with E-state index in [9.17, 15) is 36.4 Å². The van der Waals surface area contributed by atoms with Crippen LogP contribution in [-0.4, -0.2) is 113 Å². The lowest BCUT2D eigenvalue weighted by atomic mass is 10.0. The van der Waals surface area contributed by atoms with Crippen molar-refractivity contribution in [2.45, 2.75) is 60.0 Å². The van der Waals surface area contributed by atoms with Crippen LogP contribution in [0.3, 0.4) is 0 Å². The van der Waals surface area contributed by atoms with Crippen LogP contribution in [0, 0.1) is 0 Å². The Kier molecular flexibility index (Phi) is 12.5. The van der Waals surface area contributed by atoms with Gasteiger partial charge in [-0.25, -0.2) is 26.8 Å². The maximum absolute atomic E-state index is 13.1. The molecule has 0 spiro atoms. The van der Waals surface area contributed by atoms with Crippen molar-refractivity contribution in [2.75, 3.05) is 39.3 Å². The van der Waals surface area contributed by atoms with E-state index in [1.807, 2.05) is 0 Å². The Morgan fingerprint density at radius 1 is 0.619 bits per heavy atom. The highest BCUT2D eigenvalue weighted by atomic mass is 35.5. The van der Waals surface area contributed by atoms with Crippen molar-refractivity contribution in [1.82, 2.24) is 28.4 Å². The van der Waals surface area contributed by atoms with Crippen LogP contribution in [0.25, 0.3) is 20.2 Å². The monoisotopic (exact) mass is 1010 g/mol. The molecule has 2 amide bonds. The number of benzene rings is 2. The minimum absolute atomic E-state index is 0.0654. The third kappa shape index (κ3) is 9.06. The van der Waals surface area contributed by atoms with Crippen LogP contribution >= 0.6 is 68.5 Å². The number of Topliss-reactive ketones (excluding diaryl/α,β-unsaturated/α-hetero) is 1. The molecule has 6 heterocycles. The summed E-state index contributed by atoms with van der Waals surface area (Å²) in [5.74, 6) is -0.456. The standard InChI is InChI=1S/C20H19ClN4O4S3.C20H18ClN3O4S3/c21-13-5-4-12-8-19(31-16(12)9-13)32(28,29)25-7-6-24(18(26)11-25)10-17-22-20-14(23-27)2-1-3-15(20)30-17;21-13-5-4-12-8-19(30-16(12)9-13)31(27,28)24-7-6-23(18(26)11-24)10-17-22-20-14(25)2-1-3-15(20)29-17/h4-5,8-9,27H,1-3,6-7,10-11H2;4-5,8-9H,1-3,6-7,10-11H2/b23-14+;. The van der Waals surface area contributed by atoms with E-state index in [0.717, 1.165) is 94.0 Å². The van der Waals surface area contributed by atoms with Crippen molar-refractivity contribution in [3.05, 3.63) is 89.7 Å². The van der Waals surface area contributed by atoms with Crippen molar-refractivity contribution >= 4 is 132 Å². The van der Waals surface area contributed by atoms with Crippen LogP contribution in [0.1, 0.15) is 61.6 Å². The normalized spacial score (nSPS) is 18.6. The van der Waals surface area contributed by atoms with Gasteiger partial charge in [-0.3, -0.25) is 14.4 Å². The zero-order valence-electron chi connectivity index (χ0n) is 33.2. The quantitative estimate of drug-likeness (QED) is 0.121. The summed E-state index contributed by atoms with van der Waals surface area (Å²) >= 11 is 17.3. The van der Waals surface area contributed by atoms with Gasteiger partial charge in [-0.15, -0.1) is 45.3 Å². The fraction of sp³-hybridized carbons (Fsp3) is 0.350. The second kappa shape index (κ2) is 17.8. The number of amides is 2. The SMILES string of the molecule is O=C1CCCc2sc(CN3CCN(S(=O)(=O)c4cc5ccc(Cl)cc5s4)CC3=O)nc21.O=C1CN(S(=O)(=O)c2cc3ccc(Cl)cc3s2)CCN1Cc1nc2c(s1)CCC/C2=N\O. The number of nitrogens with zero attached hydrogens (tertiary/aromatic N) is 7. The van der Waals surface area contributed by atoms with Gasteiger partial charge in [0.25, 0.3) is 20.0 Å². The van der Waals surface area contributed by atoms with Crippen LogP contribution in [-0.2, 0) is 55.6 Å². The van der Waals surface area contributed by atoms with E-state index >= 15 is 0 Å². The van der Waals surface area contributed by atoms with Crippen molar-refractivity contribution in [3.63, 3.8) is 0 Å². The summed E-state index contributed by atoms with van der Waals surface area (Å²) in [5, 5.41) is 16.7. The number of ketones is 1. The topological polar surface area (TPSA) is 191 Å². The second-order valence-electron chi connectivity index (χ2n) is 15.2. The summed E-state index contributed by atoms with van der Waals surface area (Å²) in [5.41, 5.74) is 1.85. The van der Waals surface area contributed by atoms with E-state index in [1.165, 1.54) is 31.3 Å². The number of fused-ring (bicyclic) bond motifs is 4. The molecule has 10 rings (SSSR count). The van der Waals surface area contributed by atoms with Gasteiger partial charge >= 0.3 is 0 Å². The molecule has 2 saturated heterocycles. The van der Waals surface area contributed by atoms with Gasteiger partial charge in [-0.2, -0.15) is 8.61 Å². The molecule has 23 heteroatoms. The molecule has 0 atom stereocenters. The van der Waals surface area contributed by atoms with E-state index < -0.39 is 20.0 Å². The van der Waals surface area contributed by atoms with Crippen molar-refractivity contribution in [2.24, 2.45) is 5.16 Å². The first-order valence-electron chi connectivity index (χ1n) is 19.8. The number of piperazine rings is 2. The minimum Gasteiger partial charge on any atom is -0.411 e. The Morgan fingerprint density at radius 2 is 1.10 bits per heavy atom. The maximum Gasteiger partial charge on any atom is 0.253 e. The molecular weight excluding hydrogens is 970 g/mol. The smallest absolute Gasteiger partial charge is 0.253 e. The molecule has 0 unspecified atom stereocenters. The van der Waals surface area contributed by atoms with Crippen molar-refractivity contribution < 1.29 is 36.4 Å². The summed E-state index contributed by atoms with van der Waals surface area (Å²) in [6.45, 7) is 1.23. The molecular formula is C40H37Cl2N7O8S6. The average molecular weight is 1010 g/mol. The second-order valence-corrected chi connectivity index (χ2v) is 24.9. The molecule has 2 fully saturated rings. The maximum atomic E-state index is 13.1. The molecule has 4 aliphatic rings. The van der Waals surface area contributed by atoms with Gasteiger partial charge in [0.1, 0.15) is 35.5 Å². The molecule has 4 aromatic heterocycles. The van der Waals surface area contributed by atoms with Gasteiger partial charge < -0.3 is 15.0 Å². The number of oxime groups is 1. The average Bonchev–Trinajstić information content (AvgIpc) is 4.07. The van der Waals surface area contributed by atoms with E-state index in [4.69, 9.17) is 23.2 Å². The van der Waals surface area contributed by atoms with Crippen molar-refractivity contribution in [1.29, 1.82) is 0 Å². The van der Waals surface area contributed by atoms with Crippen LogP contribution in [0.15, 0.2) is 62.1 Å². The molecule has 0 bridgehead atoms. The number of carbonyl (C=O) groups excluding carboxylic acids is 3. The molecule has 0 radical (unpaired) electrons. The first-order valence-corrected chi connectivity index (χ1v) is 26.7. The van der Waals surface area contributed by atoms with Crippen LogP contribution in [0.5, 0.6) is 0 Å². The number of halogens is 2. The van der Waals surface area contributed by atoms with E-state index in [1.54, 1.807) is 58.3 Å². The number of sulfonamides is 2. The lowest BCUT2D eigenvalue weighted by molar-refractivity contribution is -0.135. The highest BCUT2D eigenvalue weighted by Gasteiger charge is 2.36. The predicted octanol–water partition coefficient (Wildman–Crippen LogP) is 7.12. The van der Waals surface area contributed by atoms with E-state index in [0.29, 0.717) is 53.9 Å². The van der Waals surface area contributed by atoms with E-state index in [-0.39, 0.29) is 58.7 Å². The number of aromatic nitrogens is 2. The van der Waals surface area contributed by atoms with Gasteiger partial charge in [0, 0.05) is 61.8 Å². The molecule has 6 aromatic rings. The number of thiazole rings is 2. The van der Waals surface area contributed by atoms with Gasteiger partial charge in [-0.05, 0) is 79.3 Å². The zero-order valence-corrected chi connectivity index (χ0v) is 39.6. The minimum atomic E-state index is -3.77. The number of rotatable bonds is 8. The number of aryl methyl sites for hydroxylation is 2. The third-order valence-corrected chi connectivity index (χ3v) is 20.5. The highest BCUT2D eigenvalue weighted by Crippen LogP contribution is 2.36. The number of carbonyl (C=O) groups is 3. The number of hydrogen-bond donors (Lipinski definition) is 1. The third-order valence-electron chi connectivity index (χ3n) is 11.1. The van der Waals surface area contributed by atoms with E-state index in [2.05, 4.69) is 15.1 Å². The van der Waals surface area contributed by atoms with Gasteiger partial charge in [0.05, 0.1) is 26.2 Å². The van der Waals surface area contributed by atoms with Gasteiger partial charge in [0.15, 0.2) is 5.78 Å². The molecule has 15 nitrogen and oxygen atoms in total. The van der Waals surface area contributed by atoms with Crippen LogP contribution in [0.4, 0.5) is 0 Å². The van der Waals surface area contributed by atoms with Crippen molar-refractivity contribution in [3.8, 4) is 0 Å². The summed E-state index contributed by atoms with van der Waals surface area (Å²) in [7, 11) is -7.55. The first kappa shape index (κ1) is 44.3. The Bertz CT molecular complexity index is 3070. The molecule has 2 aliphatic heterocycles. The summed E-state index contributed by atoms with van der Waals surface area (Å²) < 4.78 is 57.0. The largest absolute Gasteiger partial charge is 0.411 e. The zero-order chi connectivity index (χ0) is 44.2. The lowest BCUT2D eigenvalue weighted by Gasteiger charge is -2.32. The predicted molar refractivity (Wildman–Crippen MR) is 245 cm³/mol. The summed E-state index contributed by atoms with van der Waals surface area (Å²) in [6.07, 6.45) is 4.69. The number of hydrogen-bond acceptors (Lipinski definition) is 15. The highest BCUT2D eigenvalue weighted by molar-refractivity contribution is 7.91. The first-order chi connectivity index (χ1) is 30.2. The Hall–Kier alpha value is -3.90. The molecule has 63 heavy (non-hydrogen) atoms. The Balaban J connectivity index is 0.000000160. The fourth-order valence-corrected chi connectivity index (χ4v) is 16.5. The molecule has 1 N–H and O–H groups in total. The molecule has 0 saturated carbocycles.